The SMILES string of the molecule is COc1ccc(OC(C)C)c(NC(=O)C2CCCN(C(=O)c3ccc(C)cc3)C2)c1. The highest BCUT2D eigenvalue weighted by Gasteiger charge is 2.29. The summed E-state index contributed by atoms with van der Waals surface area (Å²) in [6.07, 6.45) is 1.52. The van der Waals surface area contributed by atoms with Gasteiger partial charge in [0.2, 0.25) is 5.91 Å². The van der Waals surface area contributed by atoms with Crippen LogP contribution in [0.25, 0.3) is 0 Å². The third kappa shape index (κ3) is 5.32. The molecule has 0 aliphatic carbocycles. The van der Waals surface area contributed by atoms with E-state index in [9.17, 15) is 9.59 Å². The molecule has 1 heterocycles. The summed E-state index contributed by atoms with van der Waals surface area (Å²) in [6, 6.07) is 12.9. The number of carbonyl (C=O) groups is 2. The van der Waals surface area contributed by atoms with Gasteiger partial charge in [-0.2, -0.15) is 0 Å². The standard InChI is InChI=1S/C24H30N2O4/c1-16(2)30-22-12-11-20(29-4)14-21(22)25-23(27)19-6-5-13-26(15-19)24(28)18-9-7-17(3)8-10-18/h7-12,14,16,19H,5-6,13,15H2,1-4H3,(H,25,27). The molecule has 6 heteroatoms. The van der Waals surface area contributed by atoms with Crippen LogP contribution < -0.4 is 14.8 Å². The van der Waals surface area contributed by atoms with Crippen LogP contribution >= 0.6 is 0 Å². The van der Waals surface area contributed by atoms with Gasteiger partial charge in [0.1, 0.15) is 11.5 Å². The molecule has 0 saturated carbocycles. The number of benzene rings is 2. The average molecular weight is 411 g/mol. The Morgan fingerprint density at radius 1 is 1.13 bits per heavy atom. The van der Waals surface area contributed by atoms with Gasteiger partial charge in [0.05, 0.1) is 24.8 Å². The van der Waals surface area contributed by atoms with Crippen molar-refractivity contribution in [2.24, 2.45) is 5.92 Å². The van der Waals surface area contributed by atoms with Gasteiger partial charge >= 0.3 is 0 Å². The second kappa shape index (κ2) is 9.65. The molecule has 2 amide bonds. The largest absolute Gasteiger partial charge is 0.497 e. The van der Waals surface area contributed by atoms with Crippen molar-refractivity contribution < 1.29 is 19.1 Å². The zero-order chi connectivity index (χ0) is 21.7. The minimum atomic E-state index is -0.272. The third-order valence-corrected chi connectivity index (χ3v) is 5.19. The summed E-state index contributed by atoms with van der Waals surface area (Å²) in [5.74, 6) is 0.825. The number of methoxy groups -OCH3 is 1. The molecule has 3 rings (SSSR count). The number of hydrogen-bond donors (Lipinski definition) is 1. The first-order valence-corrected chi connectivity index (χ1v) is 10.4. The maximum atomic E-state index is 13.0. The number of ether oxygens (including phenoxy) is 2. The van der Waals surface area contributed by atoms with Crippen LogP contribution in [0.2, 0.25) is 0 Å². The number of aryl methyl sites for hydroxylation is 1. The molecule has 6 nitrogen and oxygen atoms in total. The molecular weight excluding hydrogens is 380 g/mol. The van der Waals surface area contributed by atoms with Crippen molar-refractivity contribution in [3.63, 3.8) is 0 Å². The Bertz CT molecular complexity index is 893. The zero-order valence-electron chi connectivity index (χ0n) is 18.1. The van der Waals surface area contributed by atoms with Gasteiger partial charge in [-0.25, -0.2) is 0 Å². The van der Waals surface area contributed by atoms with E-state index < -0.39 is 0 Å². The molecule has 2 aromatic carbocycles. The molecule has 1 aliphatic rings. The van der Waals surface area contributed by atoms with Crippen LogP contribution in [0.1, 0.15) is 42.6 Å². The first kappa shape index (κ1) is 21.7. The number of hydrogen-bond acceptors (Lipinski definition) is 4. The van der Waals surface area contributed by atoms with Crippen molar-refractivity contribution in [1.29, 1.82) is 0 Å². The summed E-state index contributed by atoms with van der Waals surface area (Å²) in [5.41, 5.74) is 2.34. The monoisotopic (exact) mass is 410 g/mol. The number of nitrogens with zero attached hydrogens (tertiary/aromatic N) is 1. The number of amides is 2. The summed E-state index contributed by atoms with van der Waals surface area (Å²) in [7, 11) is 1.58. The highest BCUT2D eigenvalue weighted by molar-refractivity contribution is 5.97. The lowest BCUT2D eigenvalue weighted by molar-refractivity contribution is -0.121. The van der Waals surface area contributed by atoms with E-state index in [-0.39, 0.29) is 23.8 Å². The first-order valence-electron chi connectivity index (χ1n) is 10.4. The van der Waals surface area contributed by atoms with E-state index >= 15 is 0 Å². The zero-order valence-corrected chi connectivity index (χ0v) is 18.1. The molecule has 0 bridgehead atoms. The smallest absolute Gasteiger partial charge is 0.253 e. The van der Waals surface area contributed by atoms with Crippen LogP contribution in [0.5, 0.6) is 11.5 Å². The molecule has 2 aromatic rings. The van der Waals surface area contributed by atoms with E-state index in [1.807, 2.05) is 45.0 Å². The molecule has 1 saturated heterocycles. The molecule has 0 spiro atoms. The average Bonchev–Trinajstić information content (AvgIpc) is 2.74. The fourth-order valence-electron chi connectivity index (χ4n) is 3.58. The van der Waals surface area contributed by atoms with E-state index in [1.54, 1.807) is 30.2 Å². The Morgan fingerprint density at radius 3 is 2.53 bits per heavy atom. The number of carbonyl (C=O) groups excluding carboxylic acids is 2. The van der Waals surface area contributed by atoms with Crippen molar-refractivity contribution in [1.82, 2.24) is 4.90 Å². The lowest BCUT2D eigenvalue weighted by Crippen LogP contribution is -2.43. The van der Waals surface area contributed by atoms with E-state index in [2.05, 4.69) is 5.32 Å². The summed E-state index contributed by atoms with van der Waals surface area (Å²) in [4.78, 5) is 27.6. The van der Waals surface area contributed by atoms with E-state index in [4.69, 9.17) is 9.47 Å². The van der Waals surface area contributed by atoms with Crippen molar-refractivity contribution >= 4 is 17.5 Å². The van der Waals surface area contributed by atoms with E-state index in [1.165, 1.54) is 0 Å². The van der Waals surface area contributed by atoms with E-state index in [0.29, 0.717) is 35.8 Å². The number of nitrogens with one attached hydrogen (secondary N) is 1. The van der Waals surface area contributed by atoms with Crippen molar-refractivity contribution in [2.75, 3.05) is 25.5 Å². The van der Waals surface area contributed by atoms with Gasteiger partial charge in [0.15, 0.2) is 0 Å². The molecule has 1 fully saturated rings. The molecule has 0 aromatic heterocycles. The Balaban J connectivity index is 1.71. The molecular formula is C24H30N2O4. The number of anilines is 1. The minimum absolute atomic E-state index is 0.0219. The minimum Gasteiger partial charge on any atom is -0.497 e. The van der Waals surface area contributed by atoms with Gasteiger partial charge in [0.25, 0.3) is 5.91 Å². The Morgan fingerprint density at radius 2 is 1.87 bits per heavy atom. The van der Waals surface area contributed by atoms with E-state index in [0.717, 1.165) is 18.4 Å². The van der Waals surface area contributed by atoms with Crippen LogP contribution in [-0.4, -0.2) is 43.0 Å². The van der Waals surface area contributed by atoms with Gasteiger partial charge in [0, 0.05) is 24.7 Å². The summed E-state index contributed by atoms with van der Waals surface area (Å²) in [5, 5.41) is 2.99. The van der Waals surface area contributed by atoms with Gasteiger partial charge in [-0.15, -0.1) is 0 Å². The predicted octanol–water partition coefficient (Wildman–Crippen LogP) is 4.28. The quantitative estimate of drug-likeness (QED) is 0.772. The molecule has 1 aliphatic heterocycles. The molecule has 1 atom stereocenters. The van der Waals surface area contributed by atoms with Crippen molar-refractivity contribution in [2.45, 2.75) is 39.7 Å². The van der Waals surface area contributed by atoms with Gasteiger partial charge in [-0.05, 0) is 57.9 Å². The fraction of sp³-hybridized carbons (Fsp3) is 0.417. The van der Waals surface area contributed by atoms with Crippen LogP contribution in [0.4, 0.5) is 5.69 Å². The highest BCUT2D eigenvalue weighted by Crippen LogP contribution is 2.31. The van der Waals surface area contributed by atoms with Gasteiger partial charge in [-0.1, -0.05) is 17.7 Å². The lowest BCUT2D eigenvalue weighted by Gasteiger charge is -2.32. The summed E-state index contributed by atoms with van der Waals surface area (Å²) >= 11 is 0. The molecule has 0 radical (unpaired) electrons. The third-order valence-electron chi connectivity index (χ3n) is 5.19. The van der Waals surface area contributed by atoms with Crippen LogP contribution in [-0.2, 0) is 4.79 Å². The summed E-state index contributed by atoms with van der Waals surface area (Å²) < 4.78 is 11.1. The van der Waals surface area contributed by atoms with Crippen LogP contribution in [0.3, 0.4) is 0 Å². The molecule has 1 unspecified atom stereocenters. The normalized spacial score (nSPS) is 16.3. The maximum Gasteiger partial charge on any atom is 0.253 e. The van der Waals surface area contributed by atoms with Crippen LogP contribution in [0.15, 0.2) is 42.5 Å². The van der Waals surface area contributed by atoms with Gasteiger partial charge in [-0.3, -0.25) is 9.59 Å². The molecule has 1 N–H and O–H groups in total. The summed E-state index contributed by atoms with van der Waals surface area (Å²) in [6.45, 7) is 6.93. The number of rotatable bonds is 6. The topological polar surface area (TPSA) is 67.9 Å². The number of piperidine rings is 1. The van der Waals surface area contributed by atoms with Crippen molar-refractivity contribution in [3.05, 3.63) is 53.6 Å². The van der Waals surface area contributed by atoms with Crippen molar-refractivity contribution in [3.8, 4) is 11.5 Å². The first-order chi connectivity index (χ1) is 14.4. The molecule has 160 valence electrons. The molecule has 30 heavy (non-hydrogen) atoms. The second-order valence-electron chi connectivity index (χ2n) is 7.97. The lowest BCUT2D eigenvalue weighted by atomic mass is 9.96. The Kier molecular flexibility index (Phi) is 6.98. The predicted molar refractivity (Wildman–Crippen MR) is 117 cm³/mol. The maximum absolute atomic E-state index is 13.0. The number of likely N-dealkylation sites (tertiary alicyclic amines) is 1. The Labute approximate surface area is 178 Å². The highest BCUT2D eigenvalue weighted by atomic mass is 16.5. The Hall–Kier alpha value is -3.02. The van der Waals surface area contributed by atoms with Gasteiger partial charge < -0.3 is 19.7 Å². The van der Waals surface area contributed by atoms with Crippen LogP contribution in [0, 0.1) is 12.8 Å². The fourth-order valence-corrected chi connectivity index (χ4v) is 3.58. The second-order valence-corrected chi connectivity index (χ2v) is 7.97.